The molecule has 2 heterocycles. The van der Waals surface area contributed by atoms with Gasteiger partial charge in [-0.3, -0.25) is 4.79 Å². The van der Waals surface area contributed by atoms with Crippen molar-refractivity contribution in [3.63, 3.8) is 0 Å². The number of carbonyl (C=O) groups excluding carboxylic acids is 1. The highest BCUT2D eigenvalue weighted by Crippen LogP contribution is 2.19. The lowest BCUT2D eigenvalue weighted by Crippen LogP contribution is -2.31. The van der Waals surface area contributed by atoms with E-state index >= 15 is 0 Å². The highest BCUT2D eigenvalue weighted by Gasteiger charge is 2.28. The monoisotopic (exact) mass is 337 g/mol. The van der Waals surface area contributed by atoms with Gasteiger partial charge in [0.2, 0.25) is 5.88 Å². The summed E-state index contributed by atoms with van der Waals surface area (Å²) in [6.07, 6.45) is 0.628. The van der Waals surface area contributed by atoms with Gasteiger partial charge in [-0.05, 0) is 24.3 Å². The van der Waals surface area contributed by atoms with Crippen LogP contribution in [0, 0.1) is 11.3 Å². The summed E-state index contributed by atoms with van der Waals surface area (Å²) < 4.78 is 5.83. The lowest BCUT2D eigenvalue weighted by molar-refractivity contribution is 0.0771. The topological polar surface area (TPSA) is 82.4 Å². The second-order valence-electron chi connectivity index (χ2n) is 6.10. The van der Waals surface area contributed by atoms with E-state index in [4.69, 9.17) is 10.00 Å². The van der Waals surface area contributed by atoms with Crippen molar-refractivity contribution in [2.75, 3.05) is 32.1 Å². The number of aromatic nitrogens is 2. The first-order valence-electron chi connectivity index (χ1n) is 8.04. The van der Waals surface area contributed by atoms with E-state index in [2.05, 4.69) is 16.3 Å². The number of amides is 1. The maximum atomic E-state index is 12.6. The highest BCUT2D eigenvalue weighted by atomic mass is 16.5. The summed E-state index contributed by atoms with van der Waals surface area (Å²) >= 11 is 0. The minimum atomic E-state index is -0.109. The number of nitrogens with zero attached hydrogens (tertiary/aromatic N) is 5. The Hall–Kier alpha value is -3.14. The molecule has 1 aromatic heterocycles. The second-order valence-corrected chi connectivity index (χ2v) is 6.10. The molecule has 0 radical (unpaired) electrons. The van der Waals surface area contributed by atoms with E-state index < -0.39 is 0 Å². The zero-order valence-corrected chi connectivity index (χ0v) is 14.2. The summed E-state index contributed by atoms with van der Waals surface area (Å²) in [6.45, 7) is 1.11. The van der Waals surface area contributed by atoms with Crippen LogP contribution in [0.4, 0.5) is 5.82 Å². The minimum absolute atomic E-state index is 0.0859. The lowest BCUT2D eigenvalue weighted by atomic mass is 10.1. The Morgan fingerprint density at radius 3 is 2.84 bits per heavy atom. The summed E-state index contributed by atoms with van der Waals surface area (Å²) in [5.41, 5.74) is 1.00. The largest absolute Gasteiger partial charge is 0.471 e. The third-order valence-electron chi connectivity index (χ3n) is 4.04. The fourth-order valence-corrected chi connectivity index (χ4v) is 2.70. The Balaban J connectivity index is 1.61. The average molecular weight is 337 g/mol. The summed E-state index contributed by atoms with van der Waals surface area (Å²) in [6, 6.07) is 12.4. The first-order valence-corrected chi connectivity index (χ1v) is 8.04. The molecule has 128 valence electrons. The number of hydrogen-bond donors (Lipinski definition) is 0. The van der Waals surface area contributed by atoms with Gasteiger partial charge in [-0.25, -0.2) is 0 Å². The summed E-state index contributed by atoms with van der Waals surface area (Å²) in [7, 11) is 3.79. The zero-order valence-electron chi connectivity index (χ0n) is 14.2. The number of ether oxygens (including phenoxy) is 1. The predicted octanol–water partition coefficient (Wildman–Crippen LogP) is 1.71. The van der Waals surface area contributed by atoms with Crippen LogP contribution in [0.2, 0.25) is 0 Å². The van der Waals surface area contributed by atoms with Crippen LogP contribution in [0.3, 0.4) is 0 Å². The molecular weight excluding hydrogens is 318 g/mol. The van der Waals surface area contributed by atoms with Crippen LogP contribution >= 0.6 is 0 Å². The smallest absolute Gasteiger partial charge is 0.254 e. The van der Waals surface area contributed by atoms with E-state index in [9.17, 15) is 4.79 Å². The summed E-state index contributed by atoms with van der Waals surface area (Å²) in [5.74, 6) is 1.13. The molecule has 1 amide bonds. The fraction of sp³-hybridized carbons (Fsp3) is 0.333. The van der Waals surface area contributed by atoms with Crippen LogP contribution in [0.25, 0.3) is 0 Å². The van der Waals surface area contributed by atoms with Crippen molar-refractivity contribution in [1.82, 2.24) is 15.1 Å². The Morgan fingerprint density at radius 2 is 2.16 bits per heavy atom. The van der Waals surface area contributed by atoms with Gasteiger partial charge < -0.3 is 14.5 Å². The molecule has 1 aromatic carbocycles. The first-order chi connectivity index (χ1) is 12.1. The van der Waals surface area contributed by atoms with E-state index in [1.807, 2.05) is 25.1 Å². The van der Waals surface area contributed by atoms with Crippen LogP contribution in [0.1, 0.15) is 22.3 Å². The molecule has 1 fully saturated rings. The number of hydrogen-bond acceptors (Lipinski definition) is 6. The Morgan fingerprint density at radius 1 is 1.32 bits per heavy atom. The molecule has 3 rings (SSSR count). The van der Waals surface area contributed by atoms with Crippen molar-refractivity contribution in [2.24, 2.45) is 0 Å². The number of nitriles is 1. The number of carbonyl (C=O) groups is 1. The highest BCUT2D eigenvalue weighted by molar-refractivity contribution is 5.94. The molecule has 25 heavy (non-hydrogen) atoms. The summed E-state index contributed by atoms with van der Waals surface area (Å²) in [4.78, 5) is 16.2. The Bertz CT molecular complexity index is 798. The first kappa shape index (κ1) is 16.7. The van der Waals surface area contributed by atoms with Crippen LogP contribution in [-0.4, -0.2) is 54.3 Å². The van der Waals surface area contributed by atoms with E-state index in [-0.39, 0.29) is 12.0 Å². The molecular formula is C18H19N5O2. The summed E-state index contributed by atoms with van der Waals surface area (Å²) in [5, 5.41) is 17.1. The van der Waals surface area contributed by atoms with Crippen molar-refractivity contribution in [3.8, 4) is 11.9 Å². The van der Waals surface area contributed by atoms with Gasteiger partial charge in [-0.15, -0.1) is 10.2 Å². The van der Waals surface area contributed by atoms with Gasteiger partial charge in [-0.1, -0.05) is 6.07 Å². The van der Waals surface area contributed by atoms with Crippen molar-refractivity contribution in [1.29, 1.82) is 5.26 Å². The number of likely N-dealkylation sites (tertiary alicyclic amines) is 1. The molecule has 7 heteroatoms. The van der Waals surface area contributed by atoms with Crippen LogP contribution < -0.4 is 9.64 Å². The van der Waals surface area contributed by atoms with Gasteiger partial charge in [0.05, 0.1) is 18.2 Å². The molecule has 0 bridgehead atoms. The van der Waals surface area contributed by atoms with Crippen molar-refractivity contribution < 1.29 is 9.53 Å². The fourth-order valence-electron chi connectivity index (χ4n) is 2.70. The zero-order chi connectivity index (χ0) is 17.8. The molecule has 1 saturated heterocycles. The SMILES string of the molecule is CN(C)c1ccc(O[C@H]2CCN(C(=O)c3cccc(C#N)c3)C2)nn1. The average Bonchev–Trinajstić information content (AvgIpc) is 3.10. The van der Waals surface area contributed by atoms with Crippen LogP contribution in [0.15, 0.2) is 36.4 Å². The van der Waals surface area contributed by atoms with Crippen molar-refractivity contribution in [3.05, 3.63) is 47.5 Å². The maximum Gasteiger partial charge on any atom is 0.254 e. The van der Waals surface area contributed by atoms with Gasteiger partial charge in [-0.2, -0.15) is 5.26 Å². The third-order valence-corrected chi connectivity index (χ3v) is 4.04. The normalized spacial score (nSPS) is 16.4. The minimum Gasteiger partial charge on any atom is -0.471 e. The lowest BCUT2D eigenvalue weighted by Gasteiger charge is -2.17. The number of benzene rings is 1. The van der Waals surface area contributed by atoms with Gasteiger partial charge in [0.25, 0.3) is 5.91 Å². The molecule has 1 atom stereocenters. The van der Waals surface area contributed by atoms with E-state index in [0.717, 1.165) is 12.2 Å². The van der Waals surface area contributed by atoms with Crippen molar-refractivity contribution >= 4 is 11.7 Å². The third kappa shape index (κ3) is 3.86. The molecule has 0 aliphatic carbocycles. The van der Waals surface area contributed by atoms with E-state index in [1.165, 1.54) is 0 Å². The van der Waals surface area contributed by atoms with E-state index in [0.29, 0.717) is 30.1 Å². The van der Waals surface area contributed by atoms with Crippen LogP contribution in [-0.2, 0) is 0 Å². The number of anilines is 1. The maximum absolute atomic E-state index is 12.6. The van der Waals surface area contributed by atoms with Gasteiger partial charge in [0.1, 0.15) is 6.10 Å². The quantitative estimate of drug-likeness (QED) is 0.845. The molecule has 0 spiro atoms. The molecule has 0 N–H and O–H groups in total. The Kier molecular flexibility index (Phi) is 4.80. The molecule has 1 aliphatic heterocycles. The second kappa shape index (κ2) is 7.18. The van der Waals surface area contributed by atoms with Gasteiger partial charge in [0.15, 0.2) is 5.82 Å². The van der Waals surface area contributed by atoms with Crippen molar-refractivity contribution in [2.45, 2.75) is 12.5 Å². The molecule has 7 nitrogen and oxygen atoms in total. The number of rotatable bonds is 4. The van der Waals surface area contributed by atoms with Crippen LogP contribution in [0.5, 0.6) is 5.88 Å². The molecule has 2 aromatic rings. The Labute approximate surface area is 146 Å². The molecule has 0 unspecified atom stereocenters. The predicted molar refractivity (Wildman–Crippen MR) is 92.5 cm³/mol. The van der Waals surface area contributed by atoms with E-state index in [1.54, 1.807) is 35.2 Å². The van der Waals surface area contributed by atoms with Gasteiger partial charge >= 0.3 is 0 Å². The standard InChI is InChI=1S/C18H19N5O2/c1-22(2)16-6-7-17(21-20-16)25-15-8-9-23(12-15)18(24)14-5-3-4-13(10-14)11-19/h3-7,10,15H,8-9,12H2,1-2H3/t15-/m0/s1. The molecule has 0 saturated carbocycles. The van der Waals surface area contributed by atoms with Gasteiger partial charge in [0, 0.05) is 38.7 Å². The molecule has 1 aliphatic rings.